The molecule has 21 heavy (non-hydrogen) atoms. The Morgan fingerprint density at radius 3 is 2.62 bits per heavy atom. The van der Waals surface area contributed by atoms with Crippen molar-refractivity contribution in [1.29, 1.82) is 0 Å². The van der Waals surface area contributed by atoms with Gasteiger partial charge >= 0.3 is 0 Å². The quantitative estimate of drug-likeness (QED) is 0.863. The van der Waals surface area contributed by atoms with Gasteiger partial charge in [0.2, 0.25) is 0 Å². The molecule has 0 bridgehead atoms. The number of hydrogen-bond donors (Lipinski definition) is 1. The summed E-state index contributed by atoms with van der Waals surface area (Å²) in [5.41, 5.74) is 1.46. The molecule has 1 saturated heterocycles. The summed E-state index contributed by atoms with van der Waals surface area (Å²) in [5, 5.41) is 3.79. The molecular formula is C19H30N2. The van der Waals surface area contributed by atoms with Gasteiger partial charge in [0.1, 0.15) is 0 Å². The normalized spacial score (nSPS) is 27.2. The number of hydrogen-bond acceptors (Lipinski definition) is 2. The molecule has 0 aromatic heterocycles. The van der Waals surface area contributed by atoms with Gasteiger partial charge in [0.25, 0.3) is 0 Å². The highest BCUT2D eigenvalue weighted by Gasteiger charge is 2.31. The van der Waals surface area contributed by atoms with Crippen LogP contribution in [0, 0.1) is 11.8 Å². The van der Waals surface area contributed by atoms with E-state index in [1.807, 2.05) is 0 Å². The summed E-state index contributed by atoms with van der Waals surface area (Å²) in [6, 6.07) is 12.3. The minimum atomic E-state index is 0.613. The molecule has 1 aromatic rings. The maximum atomic E-state index is 3.79. The van der Waals surface area contributed by atoms with Crippen LogP contribution in [0.5, 0.6) is 0 Å². The third-order valence-corrected chi connectivity index (χ3v) is 5.16. The molecule has 1 aromatic carbocycles. The number of nitrogens with zero attached hydrogens (tertiary/aromatic N) is 1. The fourth-order valence-corrected chi connectivity index (χ4v) is 3.60. The molecule has 2 fully saturated rings. The van der Waals surface area contributed by atoms with Gasteiger partial charge in [-0.15, -0.1) is 0 Å². The predicted molar refractivity (Wildman–Crippen MR) is 89.5 cm³/mol. The van der Waals surface area contributed by atoms with Gasteiger partial charge in [-0.3, -0.25) is 4.90 Å². The highest BCUT2D eigenvalue weighted by Crippen LogP contribution is 2.33. The van der Waals surface area contributed by atoms with Crippen LogP contribution in [0.15, 0.2) is 30.3 Å². The number of nitrogens with one attached hydrogen (secondary N) is 1. The smallest absolute Gasteiger partial charge is 0.0244 e. The first-order chi connectivity index (χ1) is 10.2. The van der Waals surface area contributed by atoms with Gasteiger partial charge in [-0.1, -0.05) is 57.0 Å². The second kappa shape index (κ2) is 6.93. The first-order valence-electron chi connectivity index (χ1n) is 8.73. The zero-order valence-corrected chi connectivity index (χ0v) is 13.6. The molecule has 116 valence electrons. The molecule has 3 rings (SSSR count). The Morgan fingerprint density at radius 1 is 1.19 bits per heavy atom. The first kappa shape index (κ1) is 15.1. The zero-order valence-electron chi connectivity index (χ0n) is 13.6. The van der Waals surface area contributed by atoms with Crippen LogP contribution in [-0.4, -0.2) is 36.6 Å². The SMILES string of the molecule is CC(C)C1CNC(Cc2ccccc2)CN1CCC1CC1. The van der Waals surface area contributed by atoms with E-state index in [1.54, 1.807) is 0 Å². The van der Waals surface area contributed by atoms with Crippen molar-refractivity contribution in [3.05, 3.63) is 35.9 Å². The average molecular weight is 286 g/mol. The lowest BCUT2D eigenvalue weighted by molar-refractivity contribution is 0.0954. The molecule has 1 aliphatic carbocycles. The fraction of sp³-hybridized carbons (Fsp3) is 0.684. The van der Waals surface area contributed by atoms with Gasteiger partial charge in [-0.05, 0) is 36.8 Å². The molecule has 0 radical (unpaired) electrons. The molecule has 1 saturated carbocycles. The zero-order chi connectivity index (χ0) is 14.7. The van der Waals surface area contributed by atoms with Crippen molar-refractivity contribution < 1.29 is 0 Å². The summed E-state index contributed by atoms with van der Waals surface area (Å²) in [5.74, 6) is 1.79. The van der Waals surface area contributed by atoms with Crippen molar-refractivity contribution in [2.45, 2.75) is 51.6 Å². The van der Waals surface area contributed by atoms with Gasteiger partial charge in [0.15, 0.2) is 0 Å². The molecule has 2 atom stereocenters. The fourth-order valence-electron chi connectivity index (χ4n) is 3.60. The van der Waals surface area contributed by atoms with Crippen molar-refractivity contribution in [2.24, 2.45) is 11.8 Å². The Bertz CT molecular complexity index is 424. The first-order valence-corrected chi connectivity index (χ1v) is 8.73. The van der Waals surface area contributed by atoms with Gasteiger partial charge < -0.3 is 5.32 Å². The maximum Gasteiger partial charge on any atom is 0.0244 e. The van der Waals surface area contributed by atoms with E-state index < -0.39 is 0 Å². The summed E-state index contributed by atoms with van der Waals surface area (Å²) in [6.07, 6.45) is 5.53. The summed E-state index contributed by atoms with van der Waals surface area (Å²) in [4.78, 5) is 2.77. The van der Waals surface area contributed by atoms with Crippen LogP contribution in [0.4, 0.5) is 0 Å². The Labute approximate surface area is 129 Å². The van der Waals surface area contributed by atoms with Crippen molar-refractivity contribution in [1.82, 2.24) is 10.2 Å². The largest absolute Gasteiger partial charge is 0.311 e. The molecule has 0 spiro atoms. The summed E-state index contributed by atoms with van der Waals surface area (Å²) < 4.78 is 0. The Morgan fingerprint density at radius 2 is 1.95 bits per heavy atom. The molecule has 1 aliphatic heterocycles. The van der Waals surface area contributed by atoms with E-state index in [4.69, 9.17) is 0 Å². The third-order valence-electron chi connectivity index (χ3n) is 5.16. The predicted octanol–water partition coefficient (Wildman–Crippen LogP) is 3.33. The van der Waals surface area contributed by atoms with E-state index in [2.05, 4.69) is 54.4 Å². The molecule has 0 amide bonds. The van der Waals surface area contributed by atoms with Crippen molar-refractivity contribution in [3.63, 3.8) is 0 Å². The lowest BCUT2D eigenvalue weighted by Crippen LogP contribution is -2.58. The van der Waals surface area contributed by atoms with Gasteiger partial charge in [0, 0.05) is 25.2 Å². The van der Waals surface area contributed by atoms with E-state index in [9.17, 15) is 0 Å². The summed E-state index contributed by atoms with van der Waals surface area (Å²) >= 11 is 0. The highest BCUT2D eigenvalue weighted by molar-refractivity contribution is 5.16. The van der Waals surface area contributed by atoms with E-state index in [1.165, 1.54) is 37.9 Å². The minimum Gasteiger partial charge on any atom is -0.311 e. The van der Waals surface area contributed by atoms with Crippen LogP contribution in [0.1, 0.15) is 38.7 Å². The molecule has 1 heterocycles. The Kier molecular flexibility index (Phi) is 4.97. The lowest BCUT2D eigenvalue weighted by atomic mass is 9.95. The molecular weight excluding hydrogens is 256 g/mol. The summed E-state index contributed by atoms with van der Waals surface area (Å²) in [7, 11) is 0. The van der Waals surface area contributed by atoms with E-state index in [0.29, 0.717) is 6.04 Å². The van der Waals surface area contributed by atoms with Gasteiger partial charge in [0.05, 0.1) is 0 Å². The minimum absolute atomic E-state index is 0.613. The van der Waals surface area contributed by atoms with E-state index in [-0.39, 0.29) is 0 Å². The topological polar surface area (TPSA) is 15.3 Å². The van der Waals surface area contributed by atoms with Crippen molar-refractivity contribution in [3.8, 4) is 0 Å². The molecule has 2 nitrogen and oxygen atoms in total. The molecule has 2 aliphatic rings. The van der Waals surface area contributed by atoms with Gasteiger partial charge in [-0.25, -0.2) is 0 Å². The third kappa shape index (κ3) is 4.31. The van der Waals surface area contributed by atoms with Crippen LogP contribution in [-0.2, 0) is 6.42 Å². The number of piperazine rings is 1. The van der Waals surface area contributed by atoms with E-state index in [0.717, 1.165) is 30.8 Å². The molecule has 2 unspecified atom stereocenters. The van der Waals surface area contributed by atoms with Crippen LogP contribution >= 0.6 is 0 Å². The highest BCUT2D eigenvalue weighted by atomic mass is 15.2. The second-order valence-corrected chi connectivity index (χ2v) is 7.33. The van der Waals surface area contributed by atoms with Crippen molar-refractivity contribution in [2.75, 3.05) is 19.6 Å². The standard InChI is InChI=1S/C19H30N2/c1-15(2)19-13-20-18(12-17-6-4-3-5-7-17)14-21(19)11-10-16-8-9-16/h3-7,15-16,18-20H,8-14H2,1-2H3. The number of rotatable bonds is 6. The maximum absolute atomic E-state index is 3.79. The monoisotopic (exact) mass is 286 g/mol. The van der Waals surface area contributed by atoms with Crippen LogP contribution in [0.3, 0.4) is 0 Å². The average Bonchev–Trinajstić information content (AvgIpc) is 3.30. The molecule has 2 heteroatoms. The number of benzene rings is 1. The Balaban J connectivity index is 1.57. The van der Waals surface area contributed by atoms with Crippen LogP contribution < -0.4 is 5.32 Å². The molecule has 1 N–H and O–H groups in total. The summed E-state index contributed by atoms with van der Waals surface area (Å²) in [6.45, 7) is 8.41. The van der Waals surface area contributed by atoms with Crippen LogP contribution in [0.25, 0.3) is 0 Å². The second-order valence-electron chi connectivity index (χ2n) is 7.33. The van der Waals surface area contributed by atoms with E-state index >= 15 is 0 Å². The van der Waals surface area contributed by atoms with Gasteiger partial charge in [-0.2, -0.15) is 0 Å². The lowest BCUT2D eigenvalue weighted by Gasteiger charge is -2.42. The van der Waals surface area contributed by atoms with Crippen LogP contribution in [0.2, 0.25) is 0 Å². The Hall–Kier alpha value is -0.860. The van der Waals surface area contributed by atoms with Crippen molar-refractivity contribution >= 4 is 0 Å².